The maximum atomic E-state index is 12.2. The average molecular weight is 391 g/mol. The van der Waals surface area contributed by atoms with Crippen molar-refractivity contribution >= 4 is 46.5 Å². The minimum Gasteiger partial charge on any atom is -0.326 e. The van der Waals surface area contributed by atoms with Crippen molar-refractivity contribution in [1.82, 2.24) is 10.9 Å². The number of amidine groups is 1. The first-order valence-electron chi connectivity index (χ1n) is 7.86. The molecule has 0 atom stereocenters. The second-order valence-electron chi connectivity index (χ2n) is 5.85. The Morgan fingerprint density at radius 1 is 1.19 bits per heavy atom. The summed E-state index contributed by atoms with van der Waals surface area (Å²) in [6, 6.07) is 10.7. The fourth-order valence-electron chi connectivity index (χ4n) is 2.52. The van der Waals surface area contributed by atoms with Crippen molar-refractivity contribution < 1.29 is 9.59 Å². The van der Waals surface area contributed by atoms with Crippen LogP contribution in [0.15, 0.2) is 41.4 Å². The number of aliphatic imine (C=N–C) groups is 1. The highest BCUT2D eigenvalue weighted by Gasteiger charge is 2.12. The van der Waals surface area contributed by atoms with Gasteiger partial charge in [-0.1, -0.05) is 29.3 Å². The molecule has 1 aliphatic heterocycles. The Balaban J connectivity index is 1.64. The molecule has 2 aromatic carbocycles. The van der Waals surface area contributed by atoms with Gasteiger partial charge in [0.05, 0.1) is 16.5 Å². The molecular formula is C18H16Cl2N4O2. The Morgan fingerprint density at radius 2 is 1.92 bits per heavy atom. The molecule has 6 nitrogen and oxygen atoms in total. The van der Waals surface area contributed by atoms with Gasteiger partial charge in [0.2, 0.25) is 5.91 Å². The van der Waals surface area contributed by atoms with E-state index in [0.717, 1.165) is 16.7 Å². The van der Waals surface area contributed by atoms with Gasteiger partial charge in [0, 0.05) is 11.3 Å². The number of carbonyl (C=O) groups excluding carboxylic acids is 2. The molecule has 0 spiro atoms. The van der Waals surface area contributed by atoms with E-state index in [-0.39, 0.29) is 24.8 Å². The van der Waals surface area contributed by atoms with Crippen LogP contribution >= 0.6 is 23.2 Å². The number of halogens is 2. The third kappa shape index (κ3) is 4.33. The van der Waals surface area contributed by atoms with Crippen molar-refractivity contribution in [2.24, 2.45) is 4.99 Å². The largest absolute Gasteiger partial charge is 0.326 e. The number of benzene rings is 2. The lowest BCUT2D eigenvalue weighted by Crippen LogP contribution is -2.47. The summed E-state index contributed by atoms with van der Waals surface area (Å²) in [5.41, 5.74) is 8.34. The van der Waals surface area contributed by atoms with Crippen LogP contribution in [0, 0.1) is 6.92 Å². The fraction of sp³-hybridized carbons (Fsp3) is 0.167. The van der Waals surface area contributed by atoms with Crippen molar-refractivity contribution in [3.8, 4) is 0 Å². The maximum absolute atomic E-state index is 12.2. The van der Waals surface area contributed by atoms with Crippen LogP contribution < -0.4 is 16.2 Å². The highest BCUT2D eigenvalue weighted by atomic mass is 35.5. The van der Waals surface area contributed by atoms with Gasteiger partial charge in [0.1, 0.15) is 12.4 Å². The zero-order valence-corrected chi connectivity index (χ0v) is 15.4. The first-order chi connectivity index (χ1) is 12.4. The quantitative estimate of drug-likeness (QED) is 0.750. The predicted octanol–water partition coefficient (Wildman–Crippen LogP) is 2.86. The molecule has 0 unspecified atom stereocenters. The zero-order chi connectivity index (χ0) is 18.7. The monoisotopic (exact) mass is 390 g/mol. The van der Waals surface area contributed by atoms with E-state index in [4.69, 9.17) is 23.2 Å². The van der Waals surface area contributed by atoms with Gasteiger partial charge < -0.3 is 5.32 Å². The molecule has 2 aromatic rings. The number of rotatable bonds is 4. The summed E-state index contributed by atoms with van der Waals surface area (Å²) in [5.74, 6) is 0.236. The highest BCUT2D eigenvalue weighted by Crippen LogP contribution is 2.27. The molecule has 8 heteroatoms. The topological polar surface area (TPSA) is 82.6 Å². The lowest BCUT2D eigenvalue weighted by atomic mass is 10.1. The van der Waals surface area contributed by atoms with Gasteiger partial charge in [-0.05, 0) is 48.4 Å². The SMILES string of the molecule is Cc1cc(CC(=O)Nc2ccc(C3=NCC(=O)NN3)cc2)cc(Cl)c1Cl. The molecular weight excluding hydrogens is 375 g/mol. The van der Waals surface area contributed by atoms with Crippen LogP contribution in [0.25, 0.3) is 0 Å². The van der Waals surface area contributed by atoms with Crippen molar-refractivity contribution in [3.63, 3.8) is 0 Å². The van der Waals surface area contributed by atoms with Gasteiger partial charge in [-0.2, -0.15) is 0 Å². The van der Waals surface area contributed by atoms with E-state index in [1.165, 1.54) is 0 Å². The molecule has 0 saturated heterocycles. The standard InChI is InChI=1S/C18H16Cl2N4O2/c1-10-6-11(7-14(19)17(10)20)8-15(25)22-13-4-2-12(3-5-13)18-21-9-16(26)23-24-18/h2-7H,8-9H2,1H3,(H,21,24)(H,22,25)(H,23,26). The maximum Gasteiger partial charge on any atom is 0.260 e. The van der Waals surface area contributed by atoms with Crippen LogP contribution in [0.5, 0.6) is 0 Å². The number of hydrazine groups is 1. The van der Waals surface area contributed by atoms with E-state index in [2.05, 4.69) is 21.2 Å². The van der Waals surface area contributed by atoms with Crippen LogP contribution in [0.3, 0.4) is 0 Å². The van der Waals surface area contributed by atoms with E-state index in [0.29, 0.717) is 21.6 Å². The minimum absolute atomic E-state index is 0.0872. The van der Waals surface area contributed by atoms with Gasteiger partial charge in [0.15, 0.2) is 0 Å². The molecule has 0 fully saturated rings. The Hall–Kier alpha value is -2.57. The second kappa shape index (κ2) is 7.76. The van der Waals surface area contributed by atoms with Crippen molar-refractivity contribution in [2.75, 3.05) is 11.9 Å². The Kier molecular flexibility index (Phi) is 5.44. The van der Waals surface area contributed by atoms with E-state index in [9.17, 15) is 9.59 Å². The average Bonchev–Trinajstić information content (AvgIpc) is 2.61. The summed E-state index contributed by atoms with van der Waals surface area (Å²) in [4.78, 5) is 27.5. The number of nitrogens with one attached hydrogen (secondary N) is 3. The molecule has 0 aromatic heterocycles. The van der Waals surface area contributed by atoms with E-state index in [1.54, 1.807) is 18.2 Å². The smallest absolute Gasteiger partial charge is 0.260 e. The van der Waals surface area contributed by atoms with Crippen molar-refractivity contribution in [2.45, 2.75) is 13.3 Å². The summed E-state index contributed by atoms with van der Waals surface area (Å²) < 4.78 is 0. The molecule has 3 rings (SSSR count). The molecule has 0 saturated carbocycles. The third-order valence-electron chi connectivity index (χ3n) is 3.78. The van der Waals surface area contributed by atoms with Crippen LogP contribution in [0.4, 0.5) is 5.69 Å². The summed E-state index contributed by atoms with van der Waals surface area (Å²) in [5, 5.41) is 3.77. The highest BCUT2D eigenvalue weighted by molar-refractivity contribution is 6.42. The predicted molar refractivity (Wildman–Crippen MR) is 103 cm³/mol. The number of hydrogen-bond acceptors (Lipinski definition) is 4. The summed E-state index contributed by atoms with van der Waals surface area (Å²) in [7, 11) is 0. The molecule has 0 bridgehead atoms. The lowest BCUT2D eigenvalue weighted by molar-refractivity contribution is -0.120. The molecule has 134 valence electrons. The summed E-state index contributed by atoms with van der Waals surface area (Å²) >= 11 is 12.1. The number of aryl methyl sites for hydroxylation is 1. The number of hydrogen-bond donors (Lipinski definition) is 3. The molecule has 3 N–H and O–H groups in total. The number of amides is 2. The van der Waals surface area contributed by atoms with Crippen molar-refractivity contribution in [3.05, 3.63) is 63.1 Å². The minimum atomic E-state index is -0.185. The summed E-state index contributed by atoms with van der Waals surface area (Å²) in [6.45, 7) is 1.93. The van der Waals surface area contributed by atoms with Crippen LogP contribution in [0.2, 0.25) is 10.0 Å². The summed E-state index contributed by atoms with van der Waals surface area (Å²) in [6.07, 6.45) is 0.194. The molecule has 0 aliphatic carbocycles. The second-order valence-corrected chi connectivity index (χ2v) is 6.63. The van der Waals surface area contributed by atoms with Gasteiger partial charge in [-0.3, -0.25) is 25.4 Å². The van der Waals surface area contributed by atoms with Crippen LogP contribution in [-0.4, -0.2) is 24.2 Å². The van der Waals surface area contributed by atoms with E-state index >= 15 is 0 Å². The van der Waals surface area contributed by atoms with Crippen molar-refractivity contribution in [1.29, 1.82) is 0 Å². The van der Waals surface area contributed by atoms with E-state index in [1.807, 2.05) is 25.1 Å². The Morgan fingerprint density at radius 3 is 2.54 bits per heavy atom. The Labute approximate surface area is 160 Å². The molecule has 2 amide bonds. The normalized spacial score (nSPS) is 13.5. The van der Waals surface area contributed by atoms with Gasteiger partial charge in [0.25, 0.3) is 5.91 Å². The fourth-order valence-corrected chi connectivity index (χ4v) is 2.92. The van der Waals surface area contributed by atoms with E-state index < -0.39 is 0 Å². The first-order valence-corrected chi connectivity index (χ1v) is 8.62. The Bertz CT molecular complexity index is 872. The first kappa shape index (κ1) is 18.2. The van der Waals surface area contributed by atoms with Crippen LogP contribution in [0.1, 0.15) is 16.7 Å². The van der Waals surface area contributed by atoms with Gasteiger partial charge in [-0.15, -0.1) is 0 Å². The third-order valence-corrected chi connectivity index (χ3v) is 4.67. The molecule has 26 heavy (non-hydrogen) atoms. The van der Waals surface area contributed by atoms with Crippen LogP contribution in [-0.2, 0) is 16.0 Å². The number of carbonyl (C=O) groups is 2. The zero-order valence-electron chi connectivity index (χ0n) is 13.9. The molecule has 1 heterocycles. The molecule has 1 aliphatic rings. The molecule has 0 radical (unpaired) electrons. The number of nitrogens with zero attached hydrogens (tertiary/aromatic N) is 1. The van der Waals surface area contributed by atoms with Gasteiger partial charge in [-0.25, -0.2) is 0 Å². The lowest BCUT2D eigenvalue weighted by Gasteiger charge is -2.15. The van der Waals surface area contributed by atoms with Gasteiger partial charge >= 0.3 is 0 Å². The number of anilines is 1.